The van der Waals surface area contributed by atoms with Crippen LogP contribution in [0.4, 0.5) is 0 Å². The monoisotopic (exact) mass is 233 g/mol. The first-order valence-corrected chi connectivity index (χ1v) is 6.40. The Labute approximate surface area is 104 Å². The van der Waals surface area contributed by atoms with Gasteiger partial charge in [0, 0.05) is 13.2 Å². The van der Waals surface area contributed by atoms with E-state index in [1.807, 2.05) is 18.2 Å². The highest BCUT2D eigenvalue weighted by Gasteiger charge is 2.03. The SMILES string of the molecule is CCC(CCO)CNCC=Cc1ccccc1. The van der Waals surface area contributed by atoms with E-state index in [1.165, 1.54) is 5.56 Å². The Kier molecular flexibility index (Phi) is 7.35. The summed E-state index contributed by atoms with van der Waals surface area (Å²) < 4.78 is 0. The van der Waals surface area contributed by atoms with Gasteiger partial charge < -0.3 is 10.4 Å². The molecule has 0 heterocycles. The molecule has 0 saturated heterocycles. The van der Waals surface area contributed by atoms with Crippen molar-refractivity contribution in [1.82, 2.24) is 5.32 Å². The molecule has 1 aromatic rings. The summed E-state index contributed by atoms with van der Waals surface area (Å²) in [6.45, 7) is 4.33. The van der Waals surface area contributed by atoms with Gasteiger partial charge in [0.25, 0.3) is 0 Å². The molecule has 1 atom stereocenters. The van der Waals surface area contributed by atoms with Gasteiger partial charge in [0.05, 0.1) is 0 Å². The first kappa shape index (κ1) is 13.9. The van der Waals surface area contributed by atoms with Crippen molar-refractivity contribution in [3.05, 3.63) is 42.0 Å². The molecule has 2 nitrogen and oxygen atoms in total. The van der Waals surface area contributed by atoms with Crippen LogP contribution in [0.3, 0.4) is 0 Å². The molecular formula is C15H23NO. The van der Waals surface area contributed by atoms with Crippen molar-refractivity contribution in [2.24, 2.45) is 5.92 Å². The van der Waals surface area contributed by atoms with Crippen molar-refractivity contribution in [2.45, 2.75) is 19.8 Å². The summed E-state index contributed by atoms with van der Waals surface area (Å²) in [5.74, 6) is 0.588. The molecule has 0 bridgehead atoms. The van der Waals surface area contributed by atoms with E-state index < -0.39 is 0 Å². The lowest BCUT2D eigenvalue weighted by Gasteiger charge is -2.13. The highest BCUT2D eigenvalue weighted by Crippen LogP contribution is 2.05. The Morgan fingerprint density at radius 3 is 2.71 bits per heavy atom. The van der Waals surface area contributed by atoms with Gasteiger partial charge in [-0.15, -0.1) is 0 Å². The second kappa shape index (κ2) is 8.97. The smallest absolute Gasteiger partial charge is 0.0434 e. The molecule has 0 aliphatic heterocycles. The zero-order valence-electron chi connectivity index (χ0n) is 10.6. The molecule has 0 spiro atoms. The fraction of sp³-hybridized carbons (Fsp3) is 0.467. The van der Waals surface area contributed by atoms with Crippen LogP contribution in [0.2, 0.25) is 0 Å². The van der Waals surface area contributed by atoms with Crippen molar-refractivity contribution in [3.63, 3.8) is 0 Å². The van der Waals surface area contributed by atoms with E-state index in [0.29, 0.717) is 12.5 Å². The second-order valence-corrected chi connectivity index (χ2v) is 4.26. The summed E-state index contributed by atoms with van der Waals surface area (Å²) in [5, 5.41) is 12.3. The Bertz CT molecular complexity index is 308. The molecule has 0 radical (unpaired) electrons. The zero-order chi connectivity index (χ0) is 12.3. The first-order chi connectivity index (χ1) is 8.36. The summed E-state index contributed by atoms with van der Waals surface area (Å²) in [4.78, 5) is 0. The van der Waals surface area contributed by atoms with Crippen LogP contribution in [-0.4, -0.2) is 24.8 Å². The minimum absolute atomic E-state index is 0.292. The highest BCUT2D eigenvalue weighted by atomic mass is 16.3. The molecule has 1 rings (SSSR count). The van der Waals surface area contributed by atoms with Gasteiger partial charge in [-0.25, -0.2) is 0 Å². The average Bonchev–Trinajstić information content (AvgIpc) is 2.38. The summed E-state index contributed by atoms with van der Waals surface area (Å²) in [6, 6.07) is 10.3. The molecule has 1 aromatic carbocycles. The van der Waals surface area contributed by atoms with Crippen LogP contribution >= 0.6 is 0 Å². The number of rotatable bonds is 8. The molecule has 0 fully saturated rings. The molecule has 1 unspecified atom stereocenters. The summed E-state index contributed by atoms with van der Waals surface area (Å²) in [7, 11) is 0. The van der Waals surface area contributed by atoms with Gasteiger partial charge in [0.1, 0.15) is 0 Å². The third kappa shape index (κ3) is 6.25. The lowest BCUT2D eigenvalue weighted by Crippen LogP contribution is -2.23. The van der Waals surface area contributed by atoms with Crippen LogP contribution in [0.15, 0.2) is 36.4 Å². The molecule has 0 amide bonds. The molecule has 0 aliphatic carbocycles. The van der Waals surface area contributed by atoms with E-state index in [2.05, 4.69) is 36.5 Å². The molecule has 2 heteroatoms. The fourth-order valence-electron chi connectivity index (χ4n) is 1.76. The highest BCUT2D eigenvalue weighted by molar-refractivity contribution is 5.48. The van der Waals surface area contributed by atoms with Crippen LogP contribution in [0.5, 0.6) is 0 Å². The molecule has 94 valence electrons. The van der Waals surface area contributed by atoms with Crippen molar-refractivity contribution in [2.75, 3.05) is 19.7 Å². The van der Waals surface area contributed by atoms with Gasteiger partial charge in [-0.1, -0.05) is 55.8 Å². The number of nitrogens with one attached hydrogen (secondary N) is 1. The van der Waals surface area contributed by atoms with Crippen LogP contribution in [-0.2, 0) is 0 Å². The maximum Gasteiger partial charge on any atom is 0.0434 e. The van der Waals surface area contributed by atoms with Gasteiger partial charge in [0.2, 0.25) is 0 Å². The quantitative estimate of drug-likeness (QED) is 0.677. The number of hydrogen-bond acceptors (Lipinski definition) is 2. The maximum atomic E-state index is 8.88. The predicted octanol–water partition coefficient (Wildman–Crippen LogP) is 2.70. The van der Waals surface area contributed by atoms with Crippen molar-refractivity contribution in [3.8, 4) is 0 Å². The number of benzene rings is 1. The Balaban J connectivity index is 2.17. The van der Waals surface area contributed by atoms with E-state index in [0.717, 1.165) is 25.9 Å². The lowest BCUT2D eigenvalue weighted by atomic mass is 10.0. The molecule has 0 saturated carbocycles. The predicted molar refractivity (Wildman–Crippen MR) is 73.8 cm³/mol. The third-order valence-corrected chi connectivity index (χ3v) is 2.92. The molecule has 17 heavy (non-hydrogen) atoms. The molecule has 0 aromatic heterocycles. The Hall–Kier alpha value is -1.12. The average molecular weight is 233 g/mol. The normalized spacial score (nSPS) is 13.1. The van der Waals surface area contributed by atoms with Crippen LogP contribution < -0.4 is 5.32 Å². The molecule has 0 aliphatic rings. The third-order valence-electron chi connectivity index (χ3n) is 2.92. The van der Waals surface area contributed by atoms with Gasteiger partial charge in [-0.3, -0.25) is 0 Å². The topological polar surface area (TPSA) is 32.3 Å². The van der Waals surface area contributed by atoms with Crippen molar-refractivity contribution >= 4 is 6.08 Å². The summed E-state index contributed by atoms with van der Waals surface area (Å²) in [6.07, 6.45) is 6.28. The van der Waals surface area contributed by atoms with Gasteiger partial charge in [-0.2, -0.15) is 0 Å². The van der Waals surface area contributed by atoms with E-state index in [-0.39, 0.29) is 0 Å². The van der Waals surface area contributed by atoms with Crippen molar-refractivity contribution in [1.29, 1.82) is 0 Å². The number of hydrogen-bond donors (Lipinski definition) is 2. The summed E-state index contributed by atoms with van der Waals surface area (Å²) in [5.41, 5.74) is 1.23. The molecular weight excluding hydrogens is 210 g/mol. The standard InChI is InChI=1S/C15H23NO/c1-2-14(10-12-17)13-16-11-6-9-15-7-4-3-5-8-15/h3-9,14,16-17H,2,10-13H2,1H3. The largest absolute Gasteiger partial charge is 0.396 e. The van der Waals surface area contributed by atoms with Crippen LogP contribution in [0, 0.1) is 5.92 Å². The fourth-order valence-corrected chi connectivity index (χ4v) is 1.76. The van der Waals surface area contributed by atoms with E-state index in [1.54, 1.807) is 0 Å². The maximum absolute atomic E-state index is 8.88. The number of aliphatic hydroxyl groups is 1. The van der Waals surface area contributed by atoms with E-state index in [4.69, 9.17) is 5.11 Å². The van der Waals surface area contributed by atoms with Gasteiger partial charge in [0.15, 0.2) is 0 Å². The van der Waals surface area contributed by atoms with E-state index >= 15 is 0 Å². The summed E-state index contributed by atoms with van der Waals surface area (Å²) >= 11 is 0. The van der Waals surface area contributed by atoms with Crippen molar-refractivity contribution < 1.29 is 5.11 Å². The van der Waals surface area contributed by atoms with Gasteiger partial charge in [-0.05, 0) is 24.4 Å². The van der Waals surface area contributed by atoms with Crippen LogP contribution in [0.25, 0.3) is 6.08 Å². The Morgan fingerprint density at radius 1 is 1.29 bits per heavy atom. The minimum Gasteiger partial charge on any atom is -0.396 e. The van der Waals surface area contributed by atoms with Crippen LogP contribution in [0.1, 0.15) is 25.3 Å². The second-order valence-electron chi connectivity index (χ2n) is 4.26. The van der Waals surface area contributed by atoms with Gasteiger partial charge >= 0.3 is 0 Å². The number of aliphatic hydroxyl groups excluding tert-OH is 1. The lowest BCUT2D eigenvalue weighted by molar-refractivity contribution is 0.252. The molecule has 2 N–H and O–H groups in total. The first-order valence-electron chi connectivity index (χ1n) is 6.40. The van der Waals surface area contributed by atoms with E-state index in [9.17, 15) is 0 Å². The zero-order valence-corrected chi connectivity index (χ0v) is 10.6. The minimum atomic E-state index is 0.292. The Morgan fingerprint density at radius 2 is 2.06 bits per heavy atom.